The number of aliphatic hydroxyl groups excluding tert-OH is 1. The highest BCUT2D eigenvalue weighted by Gasteiger charge is 2.12. The molecule has 0 atom stereocenters. The molecule has 0 unspecified atom stereocenters. The summed E-state index contributed by atoms with van der Waals surface area (Å²) in [6.45, 7) is 1.63. The fourth-order valence-corrected chi connectivity index (χ4v) is 1.66. The molecular formula is C14H14N4O2. The molecule has 1 aromatic carbocycles. The van der Waals surface area contributed by atoms with E-state index in [1.54, 1.807) is 19.2 Å². The van der Waals surface area contributed by atoms with E-state index in [0.717, 1.165) is 5.56 Å². The lowest BCUT2D eigenvalue weighted by Crippen LogP contribution is -2.16. The number of benzene rings is 1. The van der Waals surface area contributed by atoms with E-state index in [-0.39, 0.29) is 12.5 Å². The number of anilines is 1. The summed E-state index contributed by atoms with van der Waals surface area (Å²) in [6.07, 6.45) is 1.37. The Morgan fingerprint density at radius 1 is 1.50 bits per heavy atom. The average Bonchev–Trinajstić information content (AvgIpc) is 2.83. The molecule has 0 aliphatic heterocycles. The van der Waals surface area contributed by atoms with E-state index in [1.807, 2.05) is 13.0 Å². The SMILES string of the molecule is Cc1ccc(C#CCO)cc1C(=O)Nc1ncnn1C. The zero-order valence-electron chi connectivity index (χ0n) is 11.2. The monoisotopic (exact) mass is 270 g/mol. The largest absolute Gasteiger partial charge is 0.384 e. The van der Waals surface area contributed by atoms with Crippen molar-refractivity contribution in [2.75, 3.05) is 11.9 Å². The highest BCUT2D eigenvalue weighted by atomic mass is 16.2. The normalized spacial score (nSPS) is 9.75. The summed E-state index contributed by atoms with van der Waals surface area (Å²) in [5, 5.41) is 15.3. The zero-order valence-corrected chi connectivity index (χ0v) is 11.2. The Hall–Kier alpha value is -2.65. The Kier molecular flexibility index (Phi) is 4.13. The molecular weight excluding hydrogens is 256 g/mol. The minimum Gasteiger partial charge on any atom is -0.384 e. The Morgan fingerprint density at radius 2 is 2.30 bits per heavy atom. The van der Waals surface area contributed by atoms with Gasteiger partial charge < -0.3 is 5.11 Å². The molecule has 0 saturated heterocycles. The van der Waals surface area contributed by atoms with Gasteiger partial charge in [0.15, 0.2) is 0 Å². The van der Waals surface area contributed by atoms with Crippen molar-refractivity contribution in [3.63, 3.8) is 0 Å². The highest BCUT2D eigenvalue weighted by molar-refractivity contribution is 6.04. The first-order chi connectivity index (χ1) is 9.61. The molecule has 0 radical (unpaired) electrons. The average molecular weight is 270 g/mol. The van der Waals surface area contributed by atoms with Crippen molar-refractivity contribution in [3.8, 4) is 11.8 Å². The van der Waals surface area contributed by atoms with E-state index < -0.39 is 0 Å². The number of hydrogen-bond donors (Lipinski definition) is 2. The molecule has 6 nitrogen and oxygen atoms in total. The summed E-state index contributed by atoms with van der Waals surface area (Å²) < 4.78 is 1.47. The molecule has 0 fully saturated rings. The molecule has 0 aliphatic carbocycles. The topological polar surface area (TPSA) is 80.0 Å². The van der Waals surface area contributed by atoms with Crippen LogP contribution in [0.2, 0.25) is 0 Å². The van der Waals surface area contributed by atoms with Crippen LogP contribution in [-0.2, 0) is 7.05 Å². The van der Waals surface area contributed by atoms with E-state index in [9.17, 15) is 4.79 Å². The van der Waals surface area contributed by atoms with Crippen molar-refractivity contribution in [1.82, 2.24) is 14.8 Å². The number of aryl methyl sites for hydroxylation is 2. The Bertz CT molecular complexity index is 695. The number of hydrogen-bond acceptors (Lipinski definition) is 4. The lowest BCUT2D eigenvalue weighted by atomic mass is 10.0. The first kappa shape index (κ1) is 13.8. The summed E-state index contributed by atoms with van der Waals surface area (Å²) in [4.78, 5) is 16.2. The van der Waals surface area contributed by atoms with Crippen molar-refractivity contribution >= 4 is 11.9 Å². The van der Waals surface area contributed by atoms with Gasteiger partial charge in [0.25, 0.3) is 5.91 Å². The number of carbonyl (C=O) groups excluding carboxylic acids is 1. The molecule has 0 saturated carbocycles. The van der Waals surface area contributed by atoms with Crippen LogP contribution in [0.4, 0.5) is 5.95 Å². The van der Waals surface area contributed by atoms with Gasteiger partial charge in [0, 0.05) is 18.2 Å². The van der Waals surface area contributed by atoms with Gasteiger partial charge in [-0.05, 0) is 24.6 Å². The molecule has 6 heteroatoms. The van der Waals surface area contributed by atoms with E-state index in [4.69, 9.17) is 5.11 Å². The smallest absolute Gasteiger partial charge is 0.258 e. The summed E-state index contributed by atoms with van der Waals surface area (Å²) in [5.41, 5.74) is 2.02. The van der Waals surface area contributed by atoms with Crippen LogP contribution in [0.1, 0.15) is 21.5 Å². The van der Waals surface area contributed by atoms with E-state index in [0.29, 0.717) is 17.1 Å². The minimum absolute atomic E-state index is 0.214. The number of carbonyl (C=O) groups is 1. The lowest BCUT2D eigenvalue weighted by molar-refractivity contribution is 0.102. The van der Waals surface area contributed by atoms with E-state index in [2.05, 4.69) is 27.2 Å². The summed E-state index contributed by atoms with van der Waals surface area (Å²) in [5.74, 6) is 5.43. The summed E-state index contributed by atoms with van der Waals surface area (Å²) in [7, 11) is 1.69. The molecule has 0 bridgehead atoms. The standard InChI is InChI=1S/C14H14N4O2/c1-10-5-6-11(4-3-7-19)8-12(10)13(20)17-14-15-9-16-18(14)2/h5-6,8-9,19H,7H2,1-2H3,(H,15,16,17,20). The van der Waals surface area contributed by atoms with Crippen LogP contribution in [-0.4, -0.2) is 32.4 Å². The second-order valence-corrected chi connectivity index (χ2v) is 4.15. The second-order valence-electron chi connectivity index (χ2n) is 4.15. The van der Waals surface area contributed by atoms with Crippen LogP contribution in [0, 0.1) is 18.8 Å². The molecule has 0 spiro atoms. The third-order valence-electron chi connectivity index (χ3n) is 2.73. The molecule has 1 aromatic heterocycles. The number of aliphatic hydroxyl groups is 1. The van der Waals surface area contributed by atoms with Gasteiger partial charge in [-0.3, -0.25) is 10.1 Å². The third-order valence-corrected chi connectivity index (χ3v) is 2.73. The molecule has 1 heterocycles. The van der Waals surface area contributed by atoms with Crippen molar-refractivity contribution in [3.05, 3.63) is 41.2 Å². The van der Waals surface area contributed by atoms with Gasteiger partial charge in [0.05, 0.1) is 0 Å². The number of nitrogens with zero attached hydrogens (tertiary/aromatic N) is 3. The predicted octanol–water partition coefficient (Wildman–Crippen LogP) is 0.720. The molecule has 2 N–H and O–H groups in total. The summed E-state index contributed by atoms with van der Waals surface area (Å²) >= 11 is 0. The van der Waals surface area contributed by atoms with Crippen molar-refractivity contribution in [1.29, 1.82) is 0 Å². The van der Waals surface area contributed by atoms with Gasteiger partial charge in [-0.1, -0.05) is 17.9 Å². The Morgan fingerprint density at radius 3 is 2.95 bits per heavy atom. The summed E-state index contributed by atoms with van der Waals surface area (Å²) in [6, 6.07) is 5.30. The molecule has 2 aromatic rings. The molecule has 1 amide bonds. The van der Waals surface area contributed by atoms with Crippen molar-refractivity contribution < 1.29 is 9.90 Å². The van der Waals surface area contributed by atoms with Gasteiger partial charge >= 0.3 is 0 Å². The number of nitrogens with one attached hydrogen (secondary N) is 1. The fourth-order valence-electron chi connectivity index (χ4n) is 1.66. The molecule has 102 valence electrons. The van der Waals surface area contributed by atoms with Crippen LogP contribution in [0.25, 0.3) is 0 Å². The quantitative estimate of drug-likeness (QED) is 0.788. The van der Waals surface area contributed by atoms with Gasteiger partial charge in [0.2, 0.25) is 5.95 Å². The van der Waals surface area contributed by atoms with Gasteiger partial charge in [-0.15, -0.1) is 0 Å². The van der Waals surface area contributed by atoms with Crippen molar-refractivity contribution in [2.45, 2.75) is 6.92 Å². The number of aromatic nitrogens is 3. The van der Waals surface area contributed by atoms with E-state index in [1.165, 1.54) is 11.0 Å². The number of rotatable bonds is 2. The molecule has 20 heavy (non-hydrogen) atoms. The highest BCUT2D eigenvalue weighted by Crippen LogP contribution is 2.12. The van der Waals surface area contributed by atoms with Gasteiger partial charge in [-0.25, -0.2) is 4.68 Å². The van der Waals surface area contributed by atoms with Crippen LogP contribution in [0.3, 0.4) is 0 Å². The van der Waals surface area contributed by atoms with Gasteiger partial charge in [0.1, 0.15) is 12.9 Å². The first-order valence-electron chi connectivity index (χ1n) is 5.97. The maximum absolute atomic E-state index is 12.2. The van der Waals surface area contributed by atoms with Crippen molar-refractivity contribution in [2.24, 2.45) is 7.05 Å². The molecule has 0 aliphatic rings. The zero-order chi connectivity index (χ0) is 14.5. The van der Waals surface area contributed by atoms with Crippen LogP contribution >= 0.6 is 0 Å². The fraction of sp³-hybridized carbons (Fsp3) is 0.214. The van der Waals surface area contributed by atoms with Gasteiger partial charge in [-0.2, -0.15) is 10.1 Å². The Labute approximate surface area is 116 Å². The minimum atomic E-state index is -0.272. The van der Waals surface area contributed by atoms with Crippen LogP contribution in [0.15, 0.2) is 24.5 Å². The lowest BCUT2D eigenvalue weighted by Gasteiger charge is -2.07. The van der Waals surface area contributed by atoms with Crippen LogP contribution < -0.4 is 5.32 Å². The number of amides is 1. The van der Waals surface area contributed by atoms with E-state index >= 15 is 0 Å². The predicted molar refractivity (Wildman–Crippen MR) is 74.1 cm³/mol. The maximum Gasteiger partial charge on any atom is 0.258 e. The Balaban J connectivity index is 2.27. The maximum atomic E-state index is 12.2. The third kappa shape index (κ3) is 3.02. The molecule has 2 rings (SSSR count). The first-order valence-corrected chi connectivity index (χ1v) is 5.97. The second kappa shape index (κ2) is 5.99. The van der Waals surface area contributed by atoms with Crippen LogP contribution in [0.5, 0.6) is 0 Å².